The van der Waals surface area contributed by atoms with Crippen molar-refractivity contribution in [1.29, 1.82) is 0 Å². The van der Waals surface area contributed by atoms with Crippen LogP contribution < -0.4 is 0 Å². The molecule has 0 saturated carbocycles. The van der Waals surface area contributed by atoms with E-state index in [-0.39, 0.29) is 11.9 Å². The maximum atomic E-state index is 12.4. The molecule has 2 nitrogen and oxygen atoms in total. The lowest BCUT2D eigenvalue weighted by atomic mass is 10.0. The summed E-state index contributed by atoms with van der Waals surface area (Å²) >= 11 is 0. The maximum absolute atomic E-state index is 12.4. The van der Waals surface area contributed by atoms with Crippen molar-refractivity contribution in [2.24, 2.45) is 0 Å². The minimum Gasteiger partial charge on any atom is -0.305 e. The molecule has 0 aromatic heterocycles. The zero-order valence-electron chi connectivity index (χ0n) is 11.7. The first kappa shape index (κ1) is 13.6. The van der Waals surface area contributed by atoms with Crippen LogP contribution in [0.3, 0.4) is 0 Å². The van der Waals surface area contributed by atoms with Crippen LogP contribution in [-0.4, -0.2) is 10.8 Å². The van der Waals surface area contributed by atoms with E-state index in [0.717, 1.165) is 29.7 Å². The summed E-state index contributed by atoms with van der Waals surface area (Å²) < 4.78 is 0. The maximum Gasteiger partial charge on any atom is 0.227 e. The van der Waals surface area contributed by atoms with Crippen molar-refractivity contribution in [3.8, 4) is 0 Å². The first-order valence-corrected chi connectivity index (χ1v) is 6.84. The molecule has 1 aliphatic rings. The Kier molecular flexibility index (Phi) is 4.20. The van der Waals surface area contributed by atoms with Gasteiger partial charge in [-0.25, -0.2) is 0 Å². The van der Waals surface area contributed by atoms with Crippen molar-refractivity contribution < 1.29 is 4.79 Å². The summed E-state index contributed by atoms with van der Waals surface area (Å²) in [6, 6.07) is 10.2. The van der Waals surface area contributed by atoms with Crippen LogP contribution in [0.15, 0.2) is 54.3 Å². The van der Waals surface area contributed by atoms with Gasteiger partial charge >= 0.3 is 0 Å². The molecule has 0 unspecified atom stereocenters. The van der Waals surface area contributed by atoms with Gasteiger partial charge in [-0.3, -0.25) is 4.79 Å². The van der Waals surface area contributed by atoms with Gasteiger partial charge in [-0.1, -0.05) is 43.0 Å². The van der Waals surface area contributed by atoms with E-state index in [0.29, 0.717) is 6.42 Å². The second kappa shape index (κ2) is 5.87. The highest BCUT2D eigenvalue weighted by molar-refractivity contribution is 5.80. The van der Waals surface area contributed by atoms with Gasteiger partial charge in [0.15, 0.2) is 0 Å². The standard InChI is InChI=1S/C17H21NO/c1-13(2)16-11-7-8-12-17(19)18(16)14(3)15-9-5-4-6-10-15/h4-6,9-11,14H,1,7-8,12H2,2-3H3/t14-/m0/s1. The lowest BCUT2D eigenvalue weighted by Gasteiger charge is -2.31. The summed E-state index contributed by atoms with van der Waals surface area (Å²) in [6.45, 7) is 8.07. The fourth-order valence-electron chi connectivity index (χ4n) is 2.53. The molecule has 100 valence electrons. The van der Waals surface area contributed by atoms with Crippen LogP contribution in [0.1, 0.15) is 44.7 Å². The molecule has 2 rings (SSSR count). The largest absolute Gasteiger partial charge is 0.305 e. The molecule has 1 aromatic carbocycles. The second-order valence-electron chi connectivity index (χ2n) is 5.11. The lowest BCUT2D eigenvalue weighted by Crippen LogP contribution is -2.32. The predicted molar refractivity (Wildman–Crippen MR) is 78.5 cm³/mol. The van der Waals surface area contributed by atoms with Crippen molar-refractivity contribution in [3.63, 3.8) is 0 Å². The summed E-state index contributed by atoms with van der Waals surface area (Å²) in [5, 5.41) is 0. The Labute approximate surface area is 115 Å². The fraction of sp³-hybridized carbons (Fsp3) is 0.353. The summed E-state index contributed by atoms with van der Waals surface area (Å²) in [4.78, 5) is 14.3. The highest BCUT2D eigenvalue weighted by Gasteiger charge is 2.26. The molecule has 0 spiro atoms. The molecular formula is C17H21NO. The molecule has 0 saturated heterocycles. The predicted octanol–water partition coefficient (Wildman–Crippen LogP) is 4.22. The van der Waals surface area contributed by atoms with E-state index in [1.54, 1.807) is 0 Å². The van der Waals surface area contributed by atoms with E-state index in [1.165, 1.54) is 0 Å². The van der Waals surface area contributed by atoms with Crippen LogP contribution in [0.5, 0.6) is 0 Å². The van der Waals surface area contributed by atoms with Crippen LogP contribution in [0, 0.1) is 0 Å². The van der Waals surface area contributed by atoms with Gasteiger partial charge in [0, 0.05) is 12.1 Å². The van der Waals surface area contributed by atoms with Gasteiger partial charge in [-0.05, 0) is 37.8 Å². The van der Waals surface area contributed by atoms with Gasteiger partial charge in [0.1, 0.15) is 0 Å². The fourth-order valence-corrected chi connectivity index (χ4v) is 2.53. The molecule has 0 bridgehead atoms. The molecule has 19 heavy (non-hydrogen) atoms. The Bertz CT molecular complexity index is 501. The van der Waals surface area contributed by atoms with Gasteiger partial charge in [-0.2, -0.15) is 0 Å². The number of carbonyl (C=O) groups excluding carboxylic acids is 1. The van der Waals surface area contributed by atoms with Crippen LogP contribution >= 0.6 is 0 Å². The number of hydrogen-bond acceptors (Lipinski definition) is 1. The smallest absolute Gasteiger partial charge is 0.227 e. The minimum atomic E-state index is 0.0507. The zero-order valence-corrected chi connectivity index (χ0v) is 11.7. The van der Waals surface area contributed by atoms with Crippen molar-refractivity contribution in [1.82, 2.24) is 4.90 Å². The Morgan fingerprint density at radius 2 is 2.00 bits per heavy atom. The molecule has 1 aromatic rings. The van der Waals surface area contributed by atoms with Crippen LogP contribution in [-0.2, 0) is 4.79 Å². The highest BCUT2D eigenvalue weighted by Crippen LogP contribution is 2.30. The van der Waals surface area contributed by atoms with Gasteiger partial charge in [0.05, 0.1) is 6.04 Å². The molecule has 1 aliphatic heterocycles. The van der Waals surface area contributed by atoms with E-state index in [4.69, 9.17) is 0 Å². The normalized spacial score (nSPS) is 17.7. The number of carbonyl (C=O) groups is 1. The van der Waals surface area contributed by atoms with Crippen molar-refractivity contribution in [3.05, 3.63) is 59.8 Å². The Morgan fingerprint density at radius 1 is 1.32 bits per heavy atom. The molecule has 2 heteroatoms. The van der Waals surface area contributed by atoms with Gasteiger partial charge < -0.3 is 4.90 Å². The Hall–Kier alpha value is -1.83. The average Bonchev–Trinajstić information content (AvgIpc) is 2.61. The summed E-state index contributed by atoms with van der Waals surface area (Å²) in [6.07, 6.45) is 4.64. The molecule has 1 amide bonds. The topological polar surface area (TPSA) is 20.3 Å². The Morgan fingerprint density at radius 3 is 2.63 bits per heavy atom. The molecule has 0 aliphatic carbocycles. The number of allylic oxidation sites excluding steroid dienone is 2. The van der Waals surface area contributed by atoms with Crippen LogP contribution in [0.4, 0.5) is 0 Å². The van der Waals surface area contributed by atoms with E-state index in [9.17, 15) is 4.79 Å². The average molecular weight is 255 g/mol. The Balaban J connectivity index is 2.37. The van der Waals surface area contributed by atoms with E-state index in [2.05, 4.69) is 31.7 Å². The molecule has 0 fully saturated rings. The summed E-state index contributed by atoms with van der Waals surface area (Å²) in [7, 11) is 0. The third kappa shape index (κ3) is 2.95. The monoisotopic (exact) mass is 255 g/mol. The van der Waals surface area contributed by atoms with Gasteiger partial charge in [0.25, 0.3) is 0 Å². The van der Waals surface area contributed by atoms with Crippen molar-refractivity contribution >= 4 is 5.91 Å². The number of hydrogen-bond donors (Lipinski definition) is 0. The molecule has 1 atom stereocenters. The molecule has 0 radical (unpaired) electrons. The quantitative estimate of drug-likeness (QED) is 0.792. The summed E-state index contributed by atoms with van der Waals surface area (Å²) in [5.74, 6) is 0.197. The SMILES string of the molecule is C=C(C)C1=CCCCC(=O)N1[C@@H](C)c1ccccc1. The third-order valence-electron chi connectivity index (χ3n) is 3.57. The minimum absolute atomic E-state index is 0.0507. The molecular weight excluding hydrogens is 234 g/mol. The third-order valence-corrected chi connectivity index (χ3v) is 3.57. The number of amides is 1. The van der Waals surface area contributed by atoms with Gasteiger partial charge in [-0.15, -0.1) is 0 Å². The van der Waals surface area contributed by atoms with Gasteiger partial charge in [0.2, 0.25) is 5.91 Å². The highest BCUT2D eigenvalue weighted by atomic mass is 16.2. The first-order chi connectivity index (χ1) is 9.11. The van der Waals surface area contributed by atoms with E-state index >= 15 is 0 Å². The van der Waals surface area contributed by atoms with Crippen molar-refractivity contribution in [2.45, 2.75) is 39.2 Å². The van der Waals surface area contributed by atoms with E-state index in [1.807, 2.05) is 30.0 Å². The van der Waals surface area contributed by atoms with Crippen LogP contribution in [0.25, 0.3) is 0 Å². The van der Waals surface area contributed by atoms with Crippen molar-refractivity contribution in [2.75, 3.05) is 0 Å². The first-order valence-electron chi connectivity index (χ1n) is 6.84. The summed E-state index contributed by atoms with van der Waals surface area (Å²) in [5.41, 5.74) is 3.10. The molecule has 1 heterocycles. The van der Waals surface area contributed by atoms with E-state index < -0.39 is 0 Å². The second-order valence-corrected chi connectivity index (χ2v) is 5.11. The lowest BCUT2D eigenvalue weighted by molar-refractivity contribution is -0.130. The molecule has 0 N–H and O–H groups in total. The zero-order chi connectivity index (χ0) is 13.8. The number of benzene rings is 1. The number of rotatable bonds is 3. The van der Waals surface area contributed by atoms with Crippen LogP contribution in [0.2, 0.25) is 0 Å². The number of nitrogens with zero attached hydrogens (tertiary/aromatic N) is 1.